The van der Waals surface area contributed by atoms with Gasteiger partial charge in [-0.2, -0.15) is 0 Å². The van der Waals surface area contributed by atoms with Gasteiger partial charge in [0.05, 0.1) is 23.7 Å². The highest BCUT2D eigenvalue weighted by Gasteiger charge is 2.40. The largest absolute Gasteiger partial charge is 0.494 e. The number of nitrogens with one attached hydrogen (secondary N) is 1. The lowest BCUT2D eigenvalue weighted by Gasteiger charge is -2.30. The molecular weight excluding hydrogens is 311 g/mol. The van der Waals surface area contributed by atoms with Crippen molar-refractivity contribution in [3.63, 3.8) is 0 Å². The van der Waals surface area contributed by atoms with Crippen LogP contribution in [0.1, 0.15) is 22.0 Å². The monoisotopic (exact) mass is 324 g/mol. The molecule has 1 aromatic carbocycles. The number of nitrogens with zero attached hydrogens (tertiary/aromatic N) is 1. The number of halogens is 3. The van der Waals surface area contributed by atoms with E-state index < -0.39 is 0 Å². The first-order valence-electron chi connectivity index (χ1n) is 5.62. The lowest BCUT2D eigenvalue weighted by atomic mass is 10.0. The van der Waals surface area contributed by atoms with Gasteiger partial charge in [0.1, 0.15) is 0 Å². The molecule has 1 amide bonds. The van der Waals surface area contributed by atoms with E-state index in [1.807, 2.05) is 11.0 Å². The second-order valence-electron chi connectivity index (χ2n) is 4.26. The van der Waals surface area contributed by atoms with Crippen molar-refractivity contribution in [1.82, 2.24) is 10.2 Å². The Labute approximate surface area is 129 Å². The summed E-state index contributed by atoms with van der Waals surface area (Å²) in [6, 6.07) is 3.85. The molecule has 7 heteroatoms. The maximum absolute atomic E-state index is 12.3. The highest BCUT2D eigenvalue weighted by molar-refractivity contribution is 6.32. The number of hydrogen-bond acceptors (Lipinski definition) is 3. The van der Waals surface area contributed by atoms with Gasteiger partial charge in [0.15, 0.2) is 5.75 Å². The number of ether oxygens (including phenoxy) is 1. The van der Waals surface area contributed by atoms with Crippen LogP contribution in [0.15, 0.2) is 12.1 Å². The van der Waals surface area contributed by atoms with E-state index in [4.69, 9.17) is 16.3 Å². The van der Waals surface area contributed by atoms with Gasteiger partial charge in [-0.15, -0.1) is 24.8 Å². The molecule has 106 valence electrons. The first kappa shape index (κ1) is 16.4. The molecule has 1 saturated heterocycles. The molecule has 0 saturated carbocycles. The minimum atomic E-state index is 0. The molecule has 2 aliphatic heterocycles. The Morgan fingerprint density at radius 3 is 2.84 bits per heavy atom. The number of methoxy groups -OCH3 is 1. The van der Waals surface area contributed by atoms with Crippen LogP contribution in [-0.2, 0) is 0 Å². The SMILES string of the molecule is COc1c(Cl)ccc2c1C(=O)N1CCNC[C@@H]21.Cl.Cl. The Hall–Kier alpha value is -0.680. The minimum absolute atomic E-state index is 0. The average molecular weight is 326 g/mol. The quantitative estimate of drug-likeness (QED) is 0.861. The van der Waals surface area contributed by atoms with Gasteiger partial charge in [-0.05, 0) is 11.6 Å². The van der Waals surface area contributed by atoms with Crippen LogP contribution >= 0.6 is 36.4 Å². The van der Waals surface area contributed by atoms with Crippen LogP contribution < -0.4 is 10.1 Å². The van der Waals surface area contributed by atoms with E-state index in [9.17, 15) is 4.79 Å². The summed E-state index contributed by atoms with van der Waals surface area (Å²) in [6.45, 7) is 2.37. The summed E-state index contributed by atoms with van der Waals surface area (Å²) < 4.78 is 5.26. The van der Waals surface area contributed by atoms with Crippen molar-refractivity contribution >= 4 is 42.3 Å². The number of hydrogen-bond donors (Lipinski definition) is 1. The van der Waals surface area contributed by atoms with Crippen LogP contribution in [0.25, 0.3) is 0 Å². The van der Waals surface area contributed by atoms with Crippen LogP contribution in [0.3, 0.4) is 0 Å². The first-order chi connectivity index (χ1) is 8.24. The summed E-state index contributed by atoms with van der Waals surface area (Å²) in [6.07, 6.45) is 0. The third kappa shape index (κ3) is 2.38. The van der Waals surface area contributed by atoms with E-state index in [-0.39, 0.29) is 36.8 Å². The van der Waals surface area contributed by atoms with Crippen LogP contribution in [0, 0.1) is 0 Å². The molecule has 3 rings (SSSR count). The Morgan fingerprint density at radius 1 is 1.42 bits per heavy atom. The second-order valence-corrected chi connectivity index (χ2v) is 4.67. The zero-order valence-electron chi connectivity index (χ0n) is 10.3. The number of rotatable bonds is 1. The van der Waals surface area contributed by atoms with E-state index >= 15 is 0 Å². The Kier molecular flexibility index (Phi) is 5.33. The third-order valence-electron chi connectivity index (χ3n) is 3.42. The smallest absolute Gasteiger partial charge is 0.258 e. The first-order valence-corrected chi connectivity index (χ1v) is 6.00. The average Bonchev–Trinajstić information content (AvgIpc) is 2.64. The summed E-state index contributed by atoms with van der Waals surface area (Å²) in [5, 5.41) is 3.79. The number of carbonyl (C=O) groups is 1. The summed E-state index contributed by atoms with van der Waals surface area (Å²) in [4.78, 5) is 14.2. The van der Waals surface area contributed by atoms with Crippen LogP contribution in [0.4, 0.5) is 0 Å². The zero-order chi connectivity index (χ0) is 12.0. The fraction of sp³-hybridized carbons (Fsp3) is 0.417. The molecule has 0 radical (unpaired) electrons. The van der Waals surface area contributed by atoms with Gasteiger partial charge in [0, 0.05) is 19.6 Å². The summed E-state index contributed by atoms with van der Waals surface area (Å²) in [5.74, 6) is 0.536. The molecule has 1 fully saturated rings. The predicted molar refractivity (Wildman–Crippen MR) is 79.1 cm³/mol. The number of carbonyl (C=O) groups excluding carboxylic acids is 1. The maximum atomic E-state index is 12.3. The lowest BCUT2D eigenvalue weighted by Crippen LogP contribution is -2.44. The molecule has 2 aliphatic rings. The van der Waals surface area contributed by atoms with E-state index in [2.05, 4.69) is 5.32 Å². The molecular formula is C12H15Cl3N2O2. The van der Waals surface area contributed by atoms with E-state index in [0.717, 1.165) is 25.2 Å². The van der Waals surface area contributed by atoms with E-state index in [1.54, 1.807) is 13.2 Å². The van der Waals surface area contributed by atoms with Crippen molar-refractivity contribution in [2.75, 3.05) is 26.7 Å². The summed E-state index contributed by atoms with van der Waals surface area (Å²) in [7, 11) is 1.55. The molecule has 0 spiro atoms. The van der Waals surface area contributed by atoms with E-state index in [1.165, 1.54) is 0 Å². The van der Waals surface area contributed by atoms with Gasteiger partial charge in [0.2, 0.25) is 0 Å². The molecule has 1 atom stereocenters. The Morgan fingerprint density at radius 2 is 2.16 bits per heavy atom. The van der Waals surface area contributed by atoms with Crippen molar-refractivity contribution in [2.45, 2.75) is 6.04 Å². The predicted octanol–water partition coefficient (Wildman–Crippen LogP) is 2.29. The summed E-state index contributed by atoms with van der Waals surface area (Å²) in [5.41, 5.74) is 1.65. The van der Waals surface area contributed by atoms with Crippen molar-refractivity contribution in [3.05, 3.63) is 28.3 Å². The van der Waals surface area contributed by atoms with Crippen LogP contribution in [0.5, 0.6) is 5.75 Å². The molecule has 0 unspecified atom stereocenters. The third-order valence-corrected chi connectivity index (χ3v) is 3.72. The molecule has 1 aromatic rings. The molecule has 1 N–H and O–H groups in total. The fourth-order valence-electron chi connectivity index (χ4n) is 2.64. The minimum Gasteiger partial charge on any atom is -0.494 e. The molecule has 19 heavy (non-hydrogen) atoms. The number of fused-ring (bicyclic) bond motifs is 3. The molecule has 0 bridgehead atoms. The van der Waals surface area contributed by atoms with Crippen LogP contribution in [0.2, 0.25) is 5.02 Å². The fourth-order valence-corrected chi connectivity index (χ4v) is 2.87. The highest BCUT2D eigenvalue weighted by atomic mass is 35.5. The van der Waals surface area contributed by atoms with E-state index in [0.29, 0.717) is 16.3 Å². The van der Waals surface area contributed by atoms with Gasteiger partial charge in [-0.3, -0.25) is 4.79 Å². The van der Waals surface area contributed by atoms with Gasteiger partial charge < -0.3 is 15.0 Å². The Bertz CT molecular complexity index is 496. The van der Waals surface area contributed by atoms with Gasteiger partial charge in [-0.1, -0.05) is 17.7 Å². The normalized spacial score (nSPS) is 20.0. The Balaban J connectivity index is 0.000000902. The second kappa shape index (κ2) is 6.18. The van der Waals surface area contributed by atoms with Crippen molar-refractivity contribution < 1.29 is 9.53 Å². The lowest BCUT2D eigenvalue weighted by molar-refractivity contribution is 0.0689. The molecule has 2 heterocycles. The number of piperazine rings is 1. The zero-order valence-corrected chi connectivity index (χ0v) is 12.7. The maximum Gasteiger partial charge on any atom is 0.258 e. The molecule has 4 nitrogen and oxygen atoms in total. The topological polar surface area (TPSA) is 41.6 Å². The summed E-state index contributed by atoms with van der Waals surface area (Å²) >= 11 is 6.06. The van der Waals surface area contributed by atoms with Crippen molar-refractivity contribution in [3.8, 4) is 5.75 Å². The van der Waals surface area contributed by atoms with Gasteiger partial charge in [-0.25, -0.2) is 0 Å². The van der Waals surface area contributed by atoms with Crippen LogP contribution in [-0.4, -0.2) is 37.6 Å². The molecule has 0 aliphatic carbocycles. The number of amides is 1. The van der Waals surface area contributed by atoms with Gasteiger partial charge in [0.25, 0.3) is 5.91 Å². The van der Waals surface area contributed by atoms with Crippen molar-refractivity contribution in [2.24, 2.45) is 0 Å². The number of benzene rings is 1. The van der Waals surface area contributed by atoms with Crippen molar-refractivity contribution in [1.29, 1.82) is 0 Å². The standard InChI is InChI=1S/C12H13ClN2O2.2ClH/c1-17-11-8(13)3-2-7-9-6-14-4-5-15(9)12(16)10(7)11;;/h2-3,9,14H,4-6H2,1H3;2*1H/t9-;;/m0../s1. The molecule has 0 aromatic heterocycles. The highest BCUT2D eigenvalue weighted by Crippen LogP contribution is 2.42. The van der Waals surface area contributed by atoms with Gasteiger partial charge >= 0.3 is 0 Å².